The fourth-order valence-electron chi connectivity index (χ4n) is 1.91. The topological polar surface area (TPSA) is 41.1 Å². The van der Waals surface area contributed by atoms with Crippen LogP contribution in [0.5, 0.6) is 0 Å². The van der Waals surface area contributed by atoms with E-state index < -0.39 is 0 Å². The van der Waals surface area contributed by atoms with Crippen molar-refractivity contribution in [3.63, 3.8) is 0 Å². The smallest absolute Gasteiger partial charge is 0.238 e. The van der Waals surface area contributed by atoms with Crippen LogP contribution in [0.4, 0.5) is 10.1 Å². The summed E-state index contributed by atoms with van der Waals surface area (Å²) in [6, 6.07) is 11.9. The predicted octanol–water partition coefficient (Wildman–Crippen LogP) is 3.62. The van der Waals surface area contributed by atoms with Gasteiger partial charge in [-0.05, 0) is 42.3 Å². The van der Waals surface area contributed by atoms with Crippen molar-refractivity contribution in [1.82, 2.24) is 5.32 Å². The van der Waals surface area contributed by atoms with Gasteiger partial charge in [-0.3, -0.25) is 4.79 Å². The van der Waals surface area contributed by atoms with E-state index in [2.05, 4.69) is 32.6 Å². The molecule has 0 spiro atoms. The zero-order valence-corrected chi connectivity index (χ0v) is 13.2. The van der Waals surface area contributed by atoms with Gasteiger partial charge in [-0.2, -0.15) is 0 Å². The third kappa shape index (κ3) is 4.95. The number of amides is 1. The van der Waals surface area contributed by atoms with Gasteiger partial charge >= 0.3 is 0 Å². The summed E-state index contributed by atoms with van der Waals surface area (Å²) in [4.78, 5) is 11.7. The number of nitrogens with one attached hydrogen (secondary N) is 2. The van der Waals surface area contributed by atoms with E-state index in [9.17, 15) is 9.18 Å². The first-order valence-corrected chi connectivity index (χ1v) is 7.35. The number of carbonyl (C=O) groups is 1. The molecule has 0 aliphatic carbocycles. The summed E-state index contributed by atoms with van der Waals surface area (Å²) >= 11 is 3.45. The highest BCUT2D eigenvalue weighted by Gasteiger charge is 2.03. The van der Waals surface area contributed by atoms with Crippen LogP contribution in [0.1, 0.15) is 11.1 Å². The maximum absolute atomic E-state index is 13.0. The highest BCUT2D eigenvalue weighted by molar-refractivity contribution is 9.10. The quantitative estimate of drug-likeness (QED) is 0.864. The van der Waals surface area contributed by atoms with E-state index in [0.717, 1.165) is 15.6 Å². The van der Waals surface area contributed by atoms with Gasteiger partial charge in [0.2, 0.25) is 5.91 Å². The summed E-state index contributed by atoms with van der Waals surface area (Å²) in [6.45, 7) is 2.79. The van der Waals surface area contributed by atoms with Crippen LogP contribution in [0, 0.1) is 12.7 Å². The van der Waals surface area contributed by atoms with Crippen LogP contribution in [-0.2, 0) is 11.3 Å². The molecule has 0 radical (unpaired) electrons. The van der Waals surface area contributed by atoms with Crippen molar-refractivity contribution in [3.8, 4) is 0 Å². The van der Waals surface area contributed by atoms with Crippen LogP contribution < -0.4 is 10.6 Å². The number of hydrogen-bond donors (Lipinski definition) is 2. The molecule has 2 rings (SSSR count). The van der Waals surface area contributed by atoms with E-state index in [-0.39, 0.29) is 18.3 Å². The second kappa shape index (κ2) is 7.33. The molecule has 0 aromatic heterocycles. The van der Waals surface area contributed by atoms with Gasteiger partial charge in [-0.15, -0.1) is 0 Å². The molecule has 2 aromatic carbocycles. The van der Waals surface area contributed by atoms with Gasteiger partial charge in [-0.1, -0.05) is 34.1 Å². The van der Waals surface area contributed by atoms with Crippen LogP contribution >= 0.6 is 15.9 Å². The summed E-state index contributed by atoms with van der Waals surface area (Å²) in [5.41, 5.74) is 2.72. The van der Waals surface area contributed by atoms with Crippen LogP contribution in [0.25, 0.3) is 0 Å². The molecule has 0 aliphatic rings. The van der Waals surface area contributed by atoms with Crippen molar-refractivity contribution in [3.05, 3.63) is 63.9 Å². The Balaban J connectivity index is 1.80. The predicted molar refractivity (Wildman–Crippen MR) is 85.6 cm³/mol. The third-order valence-corrected chi connectivity index (χ3v) is 3.84. The number of benzene rings is 2. The third-order valence-electron chi connectivity index (χ3n) is 2.95. The Morgan fingerprint density at radius 1 is 1.24 bits per heavy atom. The summed E-state index contributed by atoms with van der Waals surface area (Å²) in [5, 5.41) is 5.70. The normalized spacial score (nSPS) is 10.4. The molecule has 0 aliphatic heterocycles. The van der Waals surface area contributed by atoms with Crippen LogP contribution in [0.15, 0.2) is 46.9 Å². The van der Waals surface area contributed by atoms with Crippen molar-refractivity contribution in [2.24, 2.45) is 0 Å². The average molecular weight is 351 g/mol. The Kier molecular flexibility index (Phi) is 5.47. The standard InChI is InChI=1S/C16H16BrFN2O/c1-11-7-12(5-6-15(11)17)9-19-10-16(21)20-14-4-2-3-13(18)8-14/h2-8,19H,9-10H2,1H3,(H,20,21). The lowest BCUT2D eigenvalue weighted by molar-refractivity contribution is -0.115. The SMILES string of the molecule is Cc1cc(CNCC(=O)Nc2cccc(F)c2)ccc1Br. The largest absolute Gasteiger partial charge is 0.325 e. The molecule has 0 bridgehead atoms. The van der Waals surface area contributed by atoms with E-state index in [1.165, 1.54) is 12.1 Å². The maximum atomic E-state index is 13.0. The summed E-state index contributed by atoms with van der Waals surface area (Å²) in [6.07, 6.45) is 0. The number of halogens is 2. The Labute approximate surface area is 131 Å². The van der Waals surface area contributed by atoms with E-state index in [1.807, 2.05) is 19.1 Å². The summed E-state index contributed by atoms with van der Waals surface area (Å²) < 4.78 is 14.1. The lowest BCUT2D eigenvalue weighted by Crippen LogP contribution is -2.27. The van der Waals surface area contributed by atoms with E-state index in [0.29, 0.717) is 12.2 Å². The number of carbonyl (C=O) groups excluding carboxylic acids is 1. The molecule has 2 aromatic rings. The van der Waals surface area contributed by atoms with Crippen LogP contribution in [-0.4, -0.2) is 12.5 Å². The Bertz CT molecular complexity index is 646. The van der Waals surface area contributed by atoms with Crippen molar-refractivity contribution in [1.29, 1.82) is 0 Å². The average Bonchev–Trinajstić information content (AvgIpc) is 2.43. The van der Waals surface area contributed by atoms with Gasteiger partial charge in [0.25, 0.3) is 0 Å². The highest BCUT2D eigenvalue weighted by atomic mass is 79.9. The molecule has 0 saturated heterocycles. The molecule has 0 saturated carbocycles. The van der Waals surface area contributed by atoms with E-state index >= 15 is 0 Å². The number of hydrogen-bond acceptors (Lipinski definition) is 2. The van der Waals surface area contributed by atoms with Crippen molar-refractivity contribution in [2.45, 2.75) is 13.5 Å². The molecular weight excluding hydrogens is 335 g/mol. The van der Waals surface area contributed by atoms with Crippen molar-refractivity contribution < 1.29 is 9.18 Å². The highest BCUT2D eigenvalue weighted by Crippen LogP contribution is 2.16. The zero-order valence-electron chi connectivity index (χ0n) is 11.6. The number of anilines is 1. The minimum absolute atomic E-state index is 0.172. The Morgan fingerprint density at radius 2 is 2.05 bits per heavy atom. The summed E-state index contributed by atoms with van der Waals surface area (Å²) in [7, 11) is 0. The molecular formula is C16H16BrFN2O. The van der Waals surface area contributed by atoms with Crippen molar-refractivity contribution in [2.75, 3.05) is 11.9 Å². The maximum Gasteiger partial charge on any atom is 0.238 e. The Morgan fingerprint density at radius 3 is 2.76 bits per heavy atom. The van der Waals surface area contributed by atoms with E-state index in [1.54, 1.807) is 12.1 Å². The first-order chi connectivity index (χ1) is 10.0. The summed E-state index contributed by atoms with van der Waals surface area (Å²) in [5.74, 6) is -0.569. The molecule has 5 heteroatoms. The van der Waals surface area contributed by atoms with Crippen molar-refractivity contribution >= 4 is 27.5 Å². The lowest BCUT2D eigenvalue weighted by Gasteiger charge is -2.08. The molecule has 3 nitrogen and oxygen atoms in total. The zero-order chi connectivity index (χ0) is 15.2. The van der Waals surface area contributed by atoms with Crippen LogP contribution in [0.3, 0.4) is 0 Å². The van der Waals surface area contributed by atoms with Gasteiger partial charge in [0.05, 0.1) is 6.54 Å². The van der Waals surface area contributed by atoms with Gasteiger partial charge < -0.3 is 10.6 Å². The fourth-order valence-corrected chi connectivity index (χ4v) is 2.16. The number of rotatable bonds is 5. The number of aryl methyl sites for hydroxylation is 1. The first-order valence-electron chi connectivity index (χ1n) is 6.56. The molecule has 0 unspecified atom stereocenters. The molecule has 1 amide bonds. The fraction of sp³-hybridized carbons (Fsp3) is 0.188. The molecule has 110 valence electrons. The Hall–Kier alpha value is -1.72. The van der Waals surface area contributed by atoms with Gasteiger partial charge in [0.1, 0.15) is 5.82 Å². The molecule has 21 heavy (non-hydrogen) atoms. The van der Waals surface area contributed by atoms with Gasteiger partial charge in [0, 0.05) is 16.7 Å². The minimum atomic E-state index is -0.369. The lowest BCUT2D eigenvalue weighted by atomic mass is 10.1. The first kappa shape index (κ1) is 15.7. The molecule has 0 fully saturated rings. The second-order valence-electron chi connectivity index (χ2n) is 4.75. The minimum Gasteiger partial charge on any atom is -0.325 e. The van der Waals surface area contributed by atoms with E-state index in [4.69, 9.17) is 0 Å². The molecule has 0 heterocycles. The van der Waals surface area contributed by atoms with Gasteiger partial charge in [-0.25, -0.2) is 4.39 Å². The van der Waals surface area contributed by atoms with Crippen LogP contribution in [0.2, 0.25) is 0 Å². The second-order valence-corrected chi connectivity index (χ2v) is 5.60. The monoisotopic (exact) mass is 350 g/mol. The molecule has 2 N–H and O–H groups in total. The molecule has 0 atom stereocenters. The van der Waals surface area contributed by atoms with Gasteiger partial charge in [0.15, 0.2) is 0 Å².